The van der Waals surface area contributed by atoms with Gasteiger partial charge in [0.1, 0.15) is 12.6 Å². The normalized spacial score (nSPS) is 14.2. The van der Waals surface area contributed by atoms with Gasteiger partial charge in [0.15, 0.2) is 0 Å². The van der Waals surface area contributed by atoms with Gasteiger partial charge in [-0.15, -0.1) is 9.59 Å². The summed E-state index contributed by atoms with van der Waals surface area (Å²) in [6.45, 7) is 0. The third-order valence-corrected chi connectivity index (χ3v) is 3.05. The van der Waals surface area contributed by atoms with E-state index in [9.17, 15) is 13.7 Å². The second-order valence-electron chi connectivity index (χ2n) is 2.58. The maximum atomic E-state index is 10.8. The molecule has 4 N–H and O–H groups in total. The molecule has 0 bridgehead atoms. The van der Waals surface area contributed by atoms with Crippen molar-refractivity contribution >= 4 is 23.4 Å². The van der Waals surface area contributed by atoms with Crippen LogP contribution in [0.5, 0.6) is 0 Å². The molecule has 0 aromatic heterocycles. The fourth-order valence-corrected chi connectivity index (χ4v) is 2.48. The molecule has 0 aromatic rings. The minimum absolute atomic E-state index is 0.212. The minimum atomic E-state index is -4.60. The summed E-state index contributed by atoms with van der Waals surface area (Å²) < 4.78 is 40.3. The maximum absolute atomic E-state index is 10.8. The average molecular weight is 298 g/mol. The summed E-state index contributed by atoms with van der Waals surface area (Å²) >= 11 is 0. The minimum Gasteiger partial charge on any atom is -0.323 e. The first-order chi connectivity index (χ1) is 7.03. The van der Waals surface area contributed by atoms with E-state index in [1.54, 1.807) is 0 Å². The van der Waals surface area contributed by atoms with Crippen molar-refractivity contribution in [2.24, 2.45) is 0 Å². The fourth-order valence-electron chi connectivity index (χ4n) is 0.635. The first-order valence-electron chi connectivity index (χ1n) is 3.57. The summed E-state index contributed by atoms with van der Waals surface area (Å²) in [7, 11) is -10.9. The van der Waals surface area contributed by atoms with Crippen LogP contribution in [0, 0.1) is 0 Å². The van der Waals surface area contributed by atoms with E-state index in [4.69, 9.17) is 19.6 Å². The van der Waals surface area contributed by atoms with Gasteiger partial charge >= 0.3 is 23.4 Å². The molecule has 13 heteroatoms. The van der Waals surface area contributed by atoms with E-state index in [1.165, 1.54) is 0 Å². The van der Waals surface area contributed by atoms with E-state index in [0.29, 0.717) is 0 Å². The van der Waals surface area contributed by atoms with Crippen molar-refractivity contribution in [1.29, 1.82) is 0 Å². The molecular weight excluding hydrogens is 287 g/mol. The Kier molecular flexibility index (Phi) is 6.39. The van der Waals surface area contributed by atoms with Crippen molar-refractivity contribution in [3.05, 3.63) is 0 Å². The van der Waals surface area contributed by atoms with Crippen LogP contribution in [0.25, 0.3) is 0 Å². The second kappa shape index (κ2) is 6.28. The molecule has 0 spiro atoms. The molecule has 16 heavy (non-hydrogen) atoms. The molecule has 0 saturated carbocycles. The molecule has 0 aromatic carbocycles. The fraction of sp³-hybridized carbons (Fsp3) is 1.00. The molecular formula is C3H11NO9P3+. The summed E-state index contributed by atoms with van der Waals surface area (Å²) in [6.07, 6.45) is -2.22. The van der Waals surface area contributed by atoms with Gasteiger partial charge in [0, 0.05) is 4.57 Å². The van der Waals surface area contributed by atoms with Crippen LogP contribution in [-0.2, 0) is 22.8 Å². The standard InChI is InChI=1S/C3H10NO9P3/c1-12-14(5)13-4(2-15(6,7)8)3-16(9,10)11/h2-3H2,1H3,(H3-,6,7,8,9,10,11)/p+1. The molecule has 0 aliphatic heterocycles. The van der Waals surface area contributed by atoms with Gasteiger partial charge in [-0.3, -0.25) is 9.13 Å². The van der Waals surface area contributed by atoms with Crippen LogP contribution in [0.1, 0.15) is 0 Å². The Hall–Kier alpha value is 0.280. The van der Waals surface area contributed by atoms with E-state index >= 15 is 0 Å². The van der Waals surface area contributed by atoms with Gasteiger partial charge in [-0.25, -0.2) is 0 Å². The first kappa shape index (κ1) is 16.3. The SMILES string of the molecule is CO[P+](=O)ON(CP(=O)(O)O)CP(=O)(O)O. The highest BCUT2D eigenvalue weighted by atomic mass is 31.2. The molecule has 0 rings (SSSR count). The third kappa shape index (κ3) is 9.50. The van der Waals surface area contributed by atoms with Crippen LogP contribution in [-0.4, -0.2) is 44.3 Å². The molecule has 0 saturated heterocycles. The highest BCUT2D eigenvalue weighted by molar-refractivity contribution is 7.52. The molecule has 0 heterocycles. The van der Waals surface area contributed by atoms with Crippen LogP contribution < -0.4 is 0 Å². The van der Waals surface area contributed by atoms with Gasteiger partial charge in [0.05, 0.1) is 7.11 Å². The van der Waals surface area contributed by atoms with Gasteiger partial charge in [-0.05, 0) is 4.62 Å². The van der Waals surface area contributed by atoms with Gasteiger partial charge < -0.3 is 19.6 Å². The van der Waals surface area contributed by atoms with Crippen LogP contribution >= 0.6 is 23.4 Å². The number of hydroxylamine groups is 2. The van der Waals surface area contributed by atoms with Crippen molar-refractivity contribution in [2.45, 2.75) is 0 Å². The molecule has 10 nitrogen and oxygen atoms in total. The summed E-state index contributed by atoms with van der Waals surface area (Å²) in [6, 6.07) is 0. The summed E-state index contributed by atoms with van der Waals surface area (Å²) in [5, 5.41) is 0.212. The Morgan fingerprint density at radius 1 is 1.12 bits per heavy atom. The van der Waals surface area contributed by atoms with Crippen molar-refractivity contribution in [1.82, 2.24) is 5.06 Å². The Morgan fingerprint density at radius 2 is 1.50 bits per heavy atom. The lowest BCUT2D eigenvalue weighted by atomic mass is 11.2. The highest BCUT2D eigenvalue weighted by Crippen LogP contribution is 2.43. The van der Waals surface area contributed by atoms with E-state index in [-0.39, 0.29) is 5.06 Å². The van der Waals surface area contributed by atoms with Crippen LogP contribution in [0.3, 0.4) is 0 Å². The van der Waals surface area contributed by atoms with Gasteiger partial charge in [-0.1, -0.05) is 0 Å². The predicted octanol–water partition coefficient (Wildman–Crippen LogP) is -0.206. The number of nitrogens with zero attached hydrogens (tertiary/aromatic N) is 1. The molecule has 96 valence electrons. The van der Waals surface area contributed by atoms with Crippen molar-refractivity contribution in [3.8, 4) is 0 Å². The van der Waals surface area contributed by atoms with Crippen LogP contribution in [0.4, 0.5) is 0 Å². The number of hydrogen-bond acceptors (Lipinski definition) is 6. The second-order valence-corrected chi connectivity index (χ2v) is 6.78. The van der Waals surface area contributed by atoms with Crippen LogP contribution in [0.2, 0.25) is 0 Å². The Morgan fingerprint density at radius 3 is 1.75 bits per heavy atom. The molecule has 0 radical (unpaired) electrons. The van der Waals surface area contributed by atoms with E-state index in [1.807, 2.05) is 0 Å². The van der Waals surface area contributed by atoms with Crippen LogP contribution in [0.15, 0.2) is 0 Å². The van der Waals surface area contributed by atoms with Gasteiger partial charge in [0.25, 0.3) is 0 Å². The summed E-state index contributed by atoms with van der Waals surface area (Å²) in [5.74, 6) is 0. The Bertz CT molecular complexity index is 307. The lowest BCUT2D eigenvalue weighted by molar-refractivity contribution is -0.0352. The lowest BCUT2D eigenvalue weighted by Crippen LogP contribution is -2.24. The topological polar surface area (TPSA) is 154 Å². The van der Waals surface area contributed by atoms with Crippen molar-refractivity contribution in [3.63, 3.8) is 0 Å². The Balaban J connectivity index is 4.58. The molecule has 1 atom stereocenters. The molecule has 0 aliphatic carbocycles. The molecule has 0 fully saturated rings. The average Bonchev–Trinajstić information content (AvgIpc) is 1.97. The smallest absolute Gasteiger partial charge is 0.323 e. The zero-order valence-electron chi connectivity index (χ0n) is 8.03. The highest BCUT2D eigenvalue weighted by Gasteiger charge is 2.34. The zero-order chi connectivity index (χ0) is 13.0. The van der Waals surface area contributed by atoms with Crippen molar-refractivity contribution < 1.29 is 42.4 Å². The molecule has 0 aliphatic rings. The number of hydrogen-bond donors (Lipinski definition) is 4. The zero-order valence-corrected chi connectivity index (χ0v) is 10.7. The summed E-state index contributed by atoms with van der Waals surface area (Å²) in [4.78, 5) is 34.3. The predicted molar refractivity (Wildman–Crippen MR) is 51.4 cm³/mol. The largest absolute Gasteiger partial charge is 0.716 e. The maximum Gasteiger partial charge on any atom is 0.716 e. The summed E-state index contributed by atoms with van der Waals surface area (Å²) in [5.41, 5.74) is 0. The third-order valence-electron chi connectivity index (χ3n) is 1.02. The lowest BCUT2D eigenvalue weighted by Gasteiger charge is -2.15. The first-order valence-corrected chi connectivity index (χ1v) is 8.26. The Labute approximate surface area is 91.4 Å². The monoisotopic (exact) mass is 298 g/mol. The van der Waals surface area contributed by atoms with Crippen molar-refractivity contribution in [2.75, 3.05) is 19.7 Å². The van der Waals surface area contributed by atoms with E-state index < -0.39 is 36.0 Å². The van der Waals surface area contributed by atoms with E-state index in [0.717, 1.165) is 7.11 Å². The molecule has 1 unspecified atom stereocenters. The number of rotatable bonds is 7. The quantitative estimate of drug-likeness (QED) is 0.366. The van der Waals surface area contributed by atoms with Gasteiger partial charge in [0.2, 0.25) is 0 Å². The van der Waals surface area contributed by atoms with Gasteiger partial charge in [-0.2, -0.15) is 0 Å². The van der Waals surface area contributed by atoms with E-state index in [2.05, 4.69) is 9.15 Å². The molecule has 0 amide bonds.